The van der Waals surface area contributed by atoms with E-state index >= 15 is 0 Å². The number of rotatable bonds is 5. The summed E-state index contributed by atoms with van der Waals surface area (Å²) in [5, 5.41) is 3.25. The lowest BCUT2D eigenvalue weighted by Crippen LogP contribution is -2.30. The summed E-state index contributed by atoms with van der Waals surface area (Å²) in [4.78, 5) is 4.83. The highest BCUT2D eigenvalue weighted by molar-refractivity contribution is 7.89. The van der Waals surface area contributed by atoms with Crippen LogP contribution in [0.2, 0.25) is 0 Å². The Morgan fingerprint density at radius 2 is 1.75 bits per heavy atom. The van der Waals surface area contributed by atoms with Gasteiger partial charge >= 0.3 is 0 Å². The van der Waals surface area contributed by atoms with E-state index in [2.05, 4.69) is 10.3 Å². The fourth-order valence-corrected chi connectivity index (χ4v) is 5.23. The van der Waals surface area contributed by atoms with E-state index < -0.39 is 10.0 Å². The van der Waals surface area contributed by atoms with E-state index in [1.165, 1.54) is 0 Å². The molecule has 0 unspecified atom stereocenters. The van der Waals surface area contributed by atoms with Crippen LogP contribution in [-0.2, 0) is 10.0 Å². The van der Waals surface area contributed by atoms with Crippen molar-refractivity contribution in [3.05, 3.63) is 84.1 Å². The molecule has 4 rings (SSSR count). The molecule has 0 spiro atoms. The zero-order chi connectivity index (χ0) is 19.6. The second-order valence-electron chi connectivity index (χ2n) is 7.05. The monoisotopic (exact) mass is 393 g/mol. The van der Waals surface area contributed by atoms with Crippen LogP contribution in [0.25, 0.3) is 0 Å². The van der Waals surface area contributed by atoms with Gasteiger partial charge in [-0.1, -0.05) is 42.0 Å². The highest BCUT2D eigenvalue weighted by atomic mass is 32.2. The Bertz CT molecular complexity index is 1030. The van der Waals surface area contributed by atoms with Gasteiger partial charge in [0.05, 0.1) is 10.9 Å². The predicted molar refractivity (Wildman–Crippen MR) is 111 cm³/mol. The van der Waals surface area contributed by atoms with E-state index in [1.54, 1.807) is 22.6 Å². The van der Waals surface area contributed by atoms with Crippen LogP contribution in [0, 0.1) is 6.92 Å². The number of sulfonamides is 1. The first kappa shape index (κ1) is 18.7. The first-order valence-corrected chi connectivity index (χ1v) is 10.8. The van der Waals surface area contributed by atoms with Crippen LogP contribution >= 0.6 is 0 Å². The topological polar surface area (TPSA) is 62.3 Å². The Labute approximate surface area is 166 Å². The Morgan fingerprint density at radius 1 is 1.00 bits per heavy atom. The molecular formula is C22H23N3O2S. The Hall–Kier alpha value is -2.70. The second-order valence-corrected chi connectivity index (χ2v) is 8.95. The minimum absolute atomic E-state index is 0.176. The lowest BCUT2D eigenvalue weighted by molar-refractivity contribution is 0.396. The minimum Gasteiger partial charge on any atom is -0.340 e. The number of para-hydroxylation sites is 1. The lowest BCUT2D eigenvalue weighted by Gasteiger charge is -2.24. The van der Waals surface area contributed by atoms with Crippen LogP contribution in [0.3, 0.4) is 0 Å². The van der Waals surface area contributed by atoms with Crippen molar-refractivity contribution in [2.24, 2.45) is 0 Å². The summed E-state index contributed by atoms with van der Waals surface area (Å²) in [5.74, 6) is 0.737. The molecule has 1 fully saturated rings. The van der Waals surface area contributed by atoms with Crippen LogP contribution in [0.15, 0.2) is 77.8 Å². The molecule has 3 aromatic rings. The van der Waals surface area contributed by atoms with Gasteiger partial charge in [0, 0.05) is 18.4 Å². The Balaban J connectivity index is 1.55. The molecule has 0 saturated carbocycles. The summed E-state index contributed by atoms with van der Waals surface area (Å²) in [6.07, 6.45) is 3.43. The van der Waals surface area contributed by atoms with Crippen molar-refractivity contribution in [1.82, 2.24) is 9.29 Å². The van der Waals surface area contributed by atoms with Gasteiger partial charge in [0.15, 0.2) is 0 Å². The first-order chi connectivity index (χ1) is 13.5. The number of hydrogen-bond acceptors (Lipinski definition) is 4. The molecule has 1 N–H and O–H groups in total. The molecule has 144 valence electrons. The number of aromatic nitrogens is 1. The zero-order valence-electron chi connectivity index (χ0n) is 15.7. The summed E-state index contributed by atoms with van der Waals surface area (Å²) in [5.41, 5.74) is 2.93. The SMILES string of the molecule is Cc1ccc(S(=O)(=O)N2CCC[C@H]2c2ccc(Nc3ccccc3)nc2)cc1. The standard InChI is InChI=1S/C22H23N3O2S/c1-17-9-12-20(13-10-17)28(26,27)25-15-5-8-21(25)18-11-14-22(23-16-18)24-19-6-3-2-4-7-19/h2-4,6-7,9-14,16,21H,5,8,15H2,1H3,(H,23,24)/t21-/m0/s1. The molecule has 1 aliphatic heterocycles. The van der Waals surface area contributed by atoms with Crippen molar-refractivity contribution in [3.8, 4) is 0 Å². The molecule has 6 heteroatoms. The molecule has 5 nitrogen and oxygen atoms in total. The van der Waals surface area contributed by atoms with Gasteiger partial charge in [-0.2, -0.15) is 4.31 Å². The molecular weight excluding hydrogens is 370 g/mol. The van der Waals surface area contributed by atoms with E-state index in [0.29, 0.717) is 11.4 Å². The number of aryl methyl sites for hydroxylation is 1. The summed E-state index contributed by atoms with van der Waals surface area (Å²) >= 11 is 0. The number of benzene rings is 2. The number of nitrogens with zero attached hydrogens (tertiary/aromatic N) is 2. The van der Waals surface area contributed by atoms with Crippen LogP contribution in [0.4, 0.5) is 11.5 Å². The zero-order valence-corrected chi connectivity index (χ0v) is 16.6. The molecule has 0 radical (unpaired) electrons. The molecule has 2 heterocycles. The van der Waals surface area contributed by atoms with Gasteiger partial charge in [-0.15, -0.1) is 0 Å². The number of nitrogens with one attached hydrogen (secondary N) is 1. The fraction of sp³-hybridized carbons (Fsp3) is 0.227. The minimum atomic E-state index is -3.52. The molecule has 2 aromatic carbocycles. The molecule has 1 aromatic heterocycles. The third-order valence-electron chi connectivity index (χ3n) is 5.05. The van der Waals surface area contributed by atoms with Gasteiger partial charge in [0.1, 0.15) is 5.82 Å². The van der Waals surface area contributed by atoms with Gasteiger partial charge in [-0.25, -0.2) is 13.4 Å². The fourth-order valence-electron chi connectivity index (χ4n) is 3.55. The summed E-state index contributed by atoms with van der Waals surface area (Å²) in [7, 11) is -3.52. The number of hydrogen-bond donors (Lipinski definition) is 1. The van der Waals surface area contributed by atoms with Crippen LogP contribution in [0.5, 0.6) is 0 Å². The highest BCUT2D eigenvalue weighted by Crippen LogP contribution is 2.36. The van der Waals surface area contributed by atoms with E-state index in [0.717, 1.165) is 35.5 Å². The van der Waals surface area contributed by atoms with E-state index in [9.17, 15) is 8.42 Å². The number of pyridine rings is 1. The summed E-state index contributed by atoms with van der Waals surface area (Å²) < 4.78 is 27.9. The van der Waals surface area contributed by atoms with Gasteiger partial charge in [-0.05, 0) is 55.7 Å². The van der Waals surface area contributed by atoms with Crippen LogP contribution in [0.1, 0.15) is 30.0 Å². The molecule has 0 bridgehead atoms. The number of anilines is 2. The average Bonchev–Trinajstić information content (AvgIpc) is 3.21. The van der Waals surface area contributed by atoms with Gasteiger partial charge in [0.25, 0.3) is 0 Å². The maximum absolute atomic E-state index is 13.1. The van der Waals surface area contributed by atoms with Crippen molar-refractivity contribution in [3.63, 3.8) is 0 Å². The lowest BCUT2D eigenvalue weighted by atomic mass is 10.1. The first-order valence-electron chi connectivity index (χ1n) is 9.40. The van der Waals surface area contributed by atoms with E-state index in [-0.39, 0.29) is 6.04 Å². The normalized spacial score (nSPS) is 17.5. The molecule has 1 atom stereocenters. The molecule has 1 aliphatic rings. The Kier molecular flexibility index (Phi) is 5.15. The predicted octanol–water partition coefficient (Wildman–Crippen LogP) is 4.66. The second kappa shape index (κ2) is 7.73. The highest BCUT2D eigenvalue weighted by Gasteiger charge is 2.36. The van der Waals surface area contributed by atoms with Gasteiger partial charge in [-0.3, -0.25) is 0 Å². The van der Waals surface area contributed by atoms with Crippen molar-refractivity contribution in [2.75, 3.05) is 11.9 Å². The quantitative estimate of drug-likeness (QED) is 0.685. The molecule has 0 aliphatic carbocycles. The maximum Gasteiger partial charge on any atom is 0.243 e. The van der Waals surface area contributed by atoms with E-state index in [1.807, 2.05) is 61.5 Å². The van der Waals surface area contributed by atoms with Gasteiger partial charge < -0.3 is 5.32 Å². The average molecular weight is 394 g/mol. The van der Waals surface area contributed by atoms with Crippen LogP contribution in [-0.4, -0.2) is 24.3 Å². The maximum atomic E-state index is 13.1. The van der Waals surface area contributed by atoms with Crippen molar-refractivity contribution < 1.29 is 8.42 Å². The third kappa shape index (κ3) is 3.79. The smallest absolute Gasteiger partial charge is 0.243 e. The van der Waals surface area contributed by atoms with Crippen molar-refractivity contribution in [2.45, 2.75) is 30.7 Å². The molecule has 0 amide bonds. The summed E-state index contributed by atoms with van der Waals surface area (Å²) in [6.45, 7) is 2.48. The molecule has 28 heavy (non-hydrogen) atoms. The van der Waals surface area contributed by atoms with Crippen molar-refractivity contribution in [1.29, 1.82) is 0 Å². The van der Waals surface area contributed by atoms with Gasteiger partial charge in [0.2, 0.25) is 10.0 Å². The Morgan fingerprint density at radius 3 is 2.43 bits per heavy atom. The molecule has 1 saturated heterocycles. The largest absolute Gasteiger partial charge is 0.340 e. The third-order valence-corrected chi connectivity index (χ3v) is 6.97. The van der Waals surface area contributed by atoms with E-state index in [4.69, 9.17) is 0 Å². The van der Waals surface area contributed by atoms with Crippen LogP contribution < -0.4 is 5.32 Å². The summed E-state index contributed by atoms with van der Waals surface area (Å²) in [6, 6.07) is 20.6. The van der Waals surface area contributed by atoms with Crippen molar-refractivity contribution >= 4 is 21.5 Å².